The van der Waals surface area contributed by atoms with E-state index in [4.69, 9.17) is 0 Å². The summed E-state index contributed by atoms with van der Waals surface area (Å²) in [5.41, 5.74) is 13.7. The molecule has 0 saturated heterocycles. The Hall–Kier alpha value is -5.96. The highest BCUT2D eigenvalue weighted by molar-refractivity contribution is 7.26. The summed E-state index contributed by atoms with van der Waals surface area (Å²) in [6, 6.07) is 64.7. The highest BCUT2D eigenvalue weighted by Crippen LogP contribution is 2.55. The van der Waals surface area contributed by atoms with Gasteiger partial charge in [-0.1, -0.05) is 147 Å². The molecule has 0 N–H and O–H groups in total. The average Bonchev–Trinajstić information content (AvgIpc) is 3.67. The number of hydrogen-bond donors (Lipinski definition) is 0. The molecule has 1 aromatic heterocycles. The summed E-state index contributed by atoms with van der Waals surface area (Å²) in [6.45, 7) is 4.78. The highest BCUT2D eigenvalue weighted by atomic mass is 32.1. The molecule has 1 heterocycles. The van der Waals surface area contributed by atoms with Crippen molar-refractivity contribution in [2.45, 2.75) is 19.3 Å². The fourth-order valence-corrected chi connectivity index (χ4v) is 9.52. The first-order chi connectivity index (χ1) is 25.0. The van der Waals surface area contributed by atoms with Crippen molar-refractivity contribution in [2.24, 2.45) is 0 Å². The minimum absolute atomic E-state index is 0.143. The van der Waals surface area contributed by atoms with Crippen LogP contribution in [0, 0.1) is 0 Å². The number of fused-ring (bicyclic) bond motifs is 8. The van der Waals surface area contributed by atoms with Gasteiger partial charge < -0.3 is 4.90 Å². The molecule has 0 radical (unpaired) electrons. The average molecular weight is 670 g/mol. The Morgan fingerprint density at radius 2 is 1.16 bits per heavy atom. The maximum absolute atomic E-state index is 2.45. The van der Waals surface area contributed by atoms with Gasteiger partial charge in [-0.2, -0.15) is 0 Å². The lowest BCUT2D eigenvalue weighted by Gasteiger charge is -2.30. The molecule has 0 saturated carbocycles. The van der Waals surface area contributed by atoms with Crippen molar-refractivity contribution in [1.82, 2.24) is 0 Å². The van der Waals surface area contributed by atoms with Crippen LogP contribution in [0.25, 0.3) is 64.3 Å². The van der Waals surface area contributed by atoms with Crippen LogP contribution in [0.2, 0.25) is 0 Å². The van der Waals surface area contributed by atoms with E-state index in [1.807, 2.05) is 11.3 Å². The van der Waals surface area contributed by atoms with E-state index in [0.29, 0.717) is 0 Å². The molecular formula is C49H35NS. The first kappa shape index (κ1) is 29.9. The van der Waals surface area contributed by atoms with Crippen LogP contribution in [0.15, 0.2) is 176 Å². The Morgan fingerprint density at radius 1 is 0.451 bits per heavy atom. The second-order valence-corrected chi connectivity index (χ2v) is 15.2. The second-order valence-electron chi connectivity index (χ2n) is 14.1. The van der Waals surface area contributed by atoms with Gasteiger partial charge in [-0.05, 0) is 86.6 Å². The van der Waals surface area contributed by atoms with E-state index in [9.17, 15) is 0 Å². The Kier molecular flexibility index (Phi) is 6.78. The monoisotopic (exact) mass is 669 g/mol. The zero-order valence-corrected chi connectivity index (χ0v) is 29.4. The fraction of sp³-hybridized carbons (Fsp3) is 0.0612. The summed E-state index contributed by atoms with van der Waals surface area (Å²) >= 11 is 1.92. The van der Waals surface area contributed by atoms with Crippen LogP contribution in [0.4, 0.5) is 17.1 Å². The minimum atomic E-state index is -0.143. The van der Waals surface area contributed by atoms with Gasteiger partial charge in [-0.25, -0.2) is 0 Å². The molecule has 0 aliphatic heterocycles. The lowest BCUT2D eigenvalue weighted by atomic mass is 9.82. The fourth-order valence-electron chi connectivity index (χ4n) is 8.26. The molecule has 0 atom stereocenters. The van der Waals surface area contributed by atoms with E-state index in [1.54, 1.807) is 0 Å². The maximum atomic E-state index is 2.45. The maximum Gasteiger partial charge on any atom is 0.0540 e. The summed E-state index contributed by atoms with van der Waals surface area (Å²) in [5.74, 6) is 0. The van der Waals surface area contributed by atoms with Crippen LogP contribution in [0.5, 0.6) is 0 Å². The van der Waals surface area contributed by atoms with Gasteiger partial charge >= 0.3 is 0 Å². The van der Waals surface area contributed by atoms with Gasteiger partial charge in [0.15, 0.2) is 0 Å². The van der Waals surface area contributed by atoms with Crippen molar-refractivity contribution in [3.05, 3.63) is 187 Å². The number of benzene rings is 8. The van der Waals surface area contributed by atoms with E-state index in [-0.39, 0.29) is 5.41 Å². The van der Waals surface area contributed by atoms with E-state index in [2.05, 4.69) is 195 Å². The van der Waals surface area contributed by atoms with Crippen LogP contribution in [-0.2, 0) is 5.41 Å². The normalized spacial score (nSPS) is 13.1. The summed E-state index contributed by atoms with van der Waals surface area (Å²) in [5, 5.41) is 5.22. The molecule has 0 amide bonds. The summed E-state index contributed by atoms with van der Waals surface area (Å²) in [7, 11) is 0. The molecule has 242 valence electrons. The predicted octanol–water partition coefficient (Wildman–Crippen LogP) is 14.3. The third-order valence-corrected chi connectivity index (χ3v) is 12.1. The largest absolute Gasteiger partial charge is 0.310 e. The summed E-state index contributed by atoms with van der Waals surface area (Å²) in [6.07, 6.45) is 0. The van der Waals surface area contributed by atoms with Gasteiger partial charge in [0.1, 0.15) is 0 Å². The number of thiophene rings is 1. The van der Waals surface area contributed by atoms with Crippen molar-refractivity contribution >= 4 is 59.3 Å². The first-order valence-corrected chi connectivity index (χ1v) is 18.5. The molecule has 1 aliphatic rings. The van der Waals surface area contributed by atoms with E-state index in [1.165, 1.54) is 75.5 Å². The Labute approximate surface area is 302 Å². The molecular weight excluding hydrogens is 635 g/mol. The Morgan fingerprint density at radius 3 is 2.02 bits per heavy atom. The molecule has 10 rings (SSSR count). The molecule has 0 bridgehead atoms. The standard InChI is InChI=1S/C49H35NS/c1-49(2)43-29-28-41-40-17-9-11-19-46(40)51-48(41)47(43)42-27-26-38(31-44(42)49)50(45-18-10-8-16-39(45)34-13-4-3-5-14-34)37-24-22-33(23-25-37)36-21-20-32-12-6-7-15-35(32)30-36/h3-31H,1-2H3. The molecule has 1 aliphatic carbocycles. The molecule has 9 aromatic rings. The zero-order valence-electron chi connectivity index (χ0n) is 28.6. The number of para-hydroxylation sites is 1. The summed E-state index contributed by atoms with van der Waals surface area (Å²) in [4.78, 5) is 2.45. The number of anilines is 3. The lowest BCUT2D eigenvalue weighted by molar-refractivity contribution is 0.661. The van der Waals surface area contributed by atoms with Crippen molar-refractivity contribution in [3.8, 4) is 33.4 Å². The van der Waals surface area contributed by atoms with Crippen LogP contribution >= 0.6 is 11.3 Å². The Balaban J connectivity index is 1.15. The van der Waals surface area contributed by atoms with Gasteiger partial charge in [-0.3, -0.25) is 0 Å². The third-order valence-electron chi connectivity index (χ3n) is 10.9. The van der Waals surface area contributed by atoms with E-state index in [0.717, 1.165) is 17.1 Å². The quantitative estimate of drug-likeness (QED) is 0.176. The van der Waals surface area contributed by atoms with Crippen LogP contribution < -0.4 is 4.90 Å². The zero-order chi connectivity index (χ0) is 34.1. The molecule has 8 aromatic carbocycles. The lowest BCUT2D eigenvalue weighted by Crippen LogP contribution is -2.16. The van der Waals surface area contributed by atoms with Crippen LogP contribution in [0.3, 0.4) is 0 Å². The molecule has 51 heavy (non-hydrogen) atoms. The van der Waals surface area contributed by atoms with Crippen LogP contribution in [-0.4, -0.2) is 0 Å². The SMILES string of the molecule is CC1(C)c2cc(N(c3ccc(-c4ccc5ccccc5c4)cc3)c3ccccc3-c3ccccc3)ccc2-c2c1ccc1c2sc2ccccc21. The second kappa shape index (κ2) is 11.6. The van der Waals surface area contributed by atoms with Crippen molar-refractivity contribution < 1.29 is 0 Å². The van der Waals surface area contributed by atoms with Gasteiger partial charge in [0.25, 0.3) is 0 Å². The number of hydrogen-bond acceptors (Lipinski definition) is 2. The molecule has 1 nitrogen and oxygen atoms in total. The van der Waals surface area contributed by atoms with Crippen molar-refractivity contribution in [3.63, 3.8) is 0 Å². The van der Waals surface area contributed by atoms with Crippen molar-refractivity contribution in [2.75, 3.05) is 4.90 Å². The van der Waals surface area contributed by atoms with E-state index < -0.39 is 0 Å². The predicted molar refractivity (Wildman–Crippen MR) is 220 cm³/mol. The molecule has 0 spiro atoms. The molecule has 0 fully saturated rings. The number of nitrogens with zero attached hydrogens (tertiary/aromatic N) is 1. The Bertz CT molecular complexity index is 2770. The van der Waals surface area contributed by atoms with Gasteiger partial charge in [0.05, 0.1) is 5.69 Å². The molecule has 0 unspecified atom stereocenters. The smallest absolute Gasteiger partial charge is 0.0540 e. The third kappa shape index (κ3) is 4.75. The first-order valence-electron chi connectivity index (χ1n) is 17.7. The highest BCUT2D eigenvalue weighted by Gasteiger charge is 2.38. The summed E-state index contributed by atoms with van der Waals surface area (Å²) < 4.78 is 2.74. The molecule has 2 heteroatoms. The minimum Gasteiger partial charge on any atom is -0.310 e. The van der Waals surface area contributed by atoms with Gasteiger partial charge in [-0.15, -0.1) is 11.3 Å². The van der Waals surface area contributed by atoms with E-state index >= 15 is 0 Å². The van der Waals surface area contributed by atoms with Crippen LogP contribution in [0.1, 0.15) is 25.0 Å². The van der Waals surface area contributed by atoms with Gasteiger partial charge in [0.2, 0.25) is 0 Å². The van der Waals surface area contributed by atoms with Gasteiger partial charge in [0, 0.05) is 48.1 Å². The van der Waals surface area contributed by atoms with Crippen molar-refractivity contribution in [1.29, 1.82) is 0 Å². The number of rotatable bonds is 5. The topological polar surface area (TPSA) is 3.24 Å².